The van der Waals surface area contributed by atoms with Crippen LogP contribution in [-0.2, 0) is 11.0 Å². The Kier molecular flexibility index (Phi) is 8.39. The quantitative estimate of drug-likeness (QED) is 0.316. The number of pyridine rings is 1. The molecule has 1 saturated heterocycles. The Balaban J connectivity index is 1.91. The molecule has 1 aliphatic heterocycles. The minimum Gasteiger partial charge on any atom is -0.497 e. The smallest absolute Gasteiger partial charge is 0.417 e. The third-order valence-electron chi connectivity index (χ3n) is 6.08. The van der Waals surface area contributed by atoms with E-state index in [1.54, 1.807) is 31.2 Å². The fourth-order valence-electron chi connectivity index (χ4n) is 4.24. The number of nitrogens with one attached hydrogen (secondary N) is 1. The van der Waals surface area contributed by atoms with Gasteiger partial charge in [0.15, 0.2) is 0 Å². The number of hydrogen-bond donors (Lipinski definition) is 2. The average molecular weight is 526 g/mol. The van der Waals surface area contributed by atoms with E-state index in [-0.39, 0.29) is 23.6 Å². The van der Waals surface area contributed by atoms with Crippen LogP contribution in [-0.4, -0.2) is 61.2 Å². The molecule has 2 heterocycles. The Morgan fingerprint density at radius 2 is 2.05 bits per heavy atom. The number of aliphatic imine (C=N–C) groups is 1. The van der Waals surface area contributed by atoms with Crippen LogP contribution in [0.3, 0.4) is 0 Å². The van der Waals surface area contributed by atoms with Crippen molar-refractivity contribution >= 4 is 23.5 Å². The lowest BCUT2D eigenvalue weighted by Gasteiger charge is -2.43. The van der Waals surface area contributed by atoms with Crippen LogP contribution in [0, 0.1) is 5.92 Å². The molecule has 0 unspecified atom stereocenters. The number of aromatic nitrogens is 1. The molecule has 2 aromatic rings. The van der Waals surface area contributed by atoms with Gasteiger partial charge in [-0.15, -0.1) is 0 Å². The standard InChI is InChI=1S/C25H28F5N5O2/c1-15-10-24(26,27)14-35(20(15)13-34-21-8-7-17(11-33-21)25(28,29)30)23(36)22(31)19(12-32-2)16-5-4-6-18(9-16)37-3/h4-9,11-12,15,20H,10,13-14,31H2,1-3H3,(H,33,34)/t15-,20-/m1/s1. The molecule has 0 spiro atoms. The number of piperidine rings is 1. The van der Waals surface area contributed by atoms with Crippen molar-refractivity contribution < 1.29 is 31.5 Å². The van der Waals surface area contributed by atoms with E-state index in [2.05, 4.69) is 15.3 Å². The molecule has 1 aromatic carbocycles. The highest BCUT2D eigenvalue weighted by molar-refractivity contribution is 6.18. The topological polar surface area (TPSA) is 92.8 Å². The van der Waals surface area contributed by atoms with Crippen LogP contribution in [0.2, 0.25) is 0 Å². The van der Waals surface area contributed by atoms with Crippen molar-refractivity contribution in [3.8, 4) is 5.75 Å². The zero-order chi connectivity index (χ0) is 27.4. The number of carbonyl (C=O) groups is 1. The van der Waals surface area contributed by atoms with Crippen molar-refractivity contribution in [2.24, 2.45) is 16.6 Å². The van der Waals surface area contributed by atoms with Gasteiger partial charge in [0.1, 0.15) is 17.3 Å². The molecule has 1 fully saturated rings. The molecular formula is C25H28F5N5O2. The normalized spacial score (nSPS) is 20.5. The molecule has 0 saturated carbocycles. The summed E-state index contributed by atoms with van der Waals surface area (Å²) in [6.45, 7) is 0.694. The fourth-order valence-corrected chi connectivity index (χ4v) is 4.24. The van der Waals surface area contributed by atoms with Crippen LogP contribution < -0.4 is 15.8 Å². The summed E-state index contributed by atoms with van der Waals surface area (Å²) in [6.07, 6.45) is -2.96. The van der Waals surface area contributed by atoms with Gasteiger partial charge in [-0.25, -0.2) is 13.8 Å². The first-order valence-electron chi connectivity index (χ1n) is 11.4. The third-order valence-corrected chi connectivity index (χ3v) is 6.08. The van der Waals surface area contributed by atoms with Gasteiger partial charge in [0.25, 0.3) is 11.8 Å². The summed E-state index contributed by atoms with van der Waals surface area (Å²) in [6, 6.07) is 7.98. The second kappa shape index (κ2) is 11.1. The zero-order valence-corrected chi connectivity index (χ0v) is 20.5. The lowest BCUT2D eigenvalue weighted by Crippen LogP contribution is -2.58. The first-order chi connectivity index (χ1) is 17.4. The van der Waals surface area contributed by atoms with Crippen molar-refractivity contribution in [2.75, 3.05) is 32.6 Å². The molecule has 37 heavy (non-hydrogen) atoms. The lowest BCUT2D eigenvalue weighted by atomic mass is 9.88. The number of rotatable bonds is 7. The predicted octanol–water partition coefficient (Wildman–Crippen LogP) is 4.46. The lowest BCUT2D eigenvalue weighted by molar-refractivity contribution is -0.148. The molecule has 0 radical (unpaired) electrons. The van der Waals surface area contributed by atoms with Crippen molar-refractivity contribution in [2.45, 2.75) is 31.5 Å². The van der Waals surface area contributed by atoms with Gasteiger partial charge < -0.3 is 20.7 Å². The number of likely N-dealkylation sites (tertiary alicyclic amines) is 1. The molecular weight excluding hydrogens is 497 g/mol. The first-order valence-corrected chi connectivity index (χ1v) is 11.4. The van der Waals surface area contributed by atoms with Crippen molar-refractivity contribution in [1.29, 1.82) is 0 Å². The molecule has 2 atom stereocenters. The number of benzene rings is 1. The summed E-state index contributed by atoms with van der Waals surface area (Å²) in [5.41, 5.74) is 5.79. The van der Waals surface area contributed by atoms with Gasteiger partial charge in [-0.05, 0) is 35.7 Å². The molecule has 0 bridgehead atoms. The Hall–Kier alpha value is -3.70. The maximum absolute atomic E-state index is 14.6. The molecule has 0 aliphatic carbocycles. The van der Waals surface area contributed by atoms with Gasteiger partial charge in [-0.1, -0.05) is 19.1 Å². The number of nitrogens with zero attached hydrogens (tertiary/aromatic N) is 3. The number of allylic oxidation sites excluding steroid dienone is 1. The minimum atomic E-state index is -4.54. The number of carbonyl (C=O) groups excluding carboxylic acids is 1. The molecule has 12 heteroatoms. The van der Waals surface area contributed by atoms with E-state index in [0.29, 0.717) is 17.5 Å². The predicted molar refractivity (Wildman–Crippen MR) is 130 cm³/mol. The van der Waals surface area contributed by atoms with E-state index in [9.17, 15) is 26.7 Å². The van der Waals surface area contributed by atoms with E-state index in [1.807, 2.05) is 0 Å². The van der Waals surface area contributed by atoms with Gasteiger partial charge >= 0.3 is 6.18 Å². The van der Waals surface area contributed by atoms with Gasteiger partial charge in [0.05, 0.1) is 25.3 Å². The maximum Gasteiger partial charge on any atom is 0.417 e. The van der Waals surface area contributed by atoms with E-state index in [4.69, 9.17) is 10.5 Å². The van der Waals surface area contributed by atoms with Crippen LogP contribution in [0.1, 0.15) is 24.5 Å². The van der Waals surface area contributed by atoms with Gasteiger partial charge in [-0.2, -0.15) is 13.2 Å². The molecule has 1 aromatic heterocycles. The molecule has 1 aliphatic rings. The van der Waals surface area contributed by atoms with Crippen LogP contribution in [0.4, 0.5) is 27.8 Å². The molecule has 200 valence electrons. The van der Waals surface area contributed by atoms with E-state index >= 15 is 0 Å². The van der Waals surface area contributed by atoms with Crippen molar-refractivity contribution in [3.63, 3.8) is 0 Å². The second-order valence-electron chi connectivity index (χ2n) is 8.80. The molecule has 1 amide bonds. The summed E-state index contributed by atoms with van der Waals surface area (Å²) >= 11 is 0. The van der Waals surface area contributed by atoms with Crippen LogP contribution in [0.5, 0.6) is 5.75 Å². The Labute approximate surface area is 211 Å². The SMILES string of the molecule is CN=CC(=C(N)C(=O)N1CC(F)(F)C[C@@H](C)[C@H]1CNc1ccc(C(F)(F)F)cn1)c1cccc(OC)c1. The largest absolute Gasteiger partial charge is 0.497 e. The molecule has 3 rings (SSSR count). The molecule has 3 N–H and O–H groups in total. The van der Waals surface area contributed by atoms with Gasteiger partial charge in [0, 0.05) is 38.0 Å². The number of anilines is 1. The highest BCUT2D eigenvalue weighted by Gasteiger charge is 2.46. The summed E-state index contributed by atoms with van der Waals surface area (Å²) < 4.78 is 72.8. The second-order valence-corrected chi connectivity index (χ2v) is 8.80. The first kappa shape index (κ1) is 27.9. The number of halogens is 5. The van der Waals surface area contributed by atoms with E-state index in [0.717, 1.165) is 17.0 Å². The maximum atomic E-state index is 14.6. The number of amides is 1. The number of alkyl halides is 5. The molecule has 7 nitrogen and oxygen atoms in total. The highest BCUT2D eigenvalue weighted by Crippen LogP contribution is 2.36. The zero-order valence-electron chi connectivity index (χ0n) is 20.5. The monoisotopic (exact) mass is 525 g/mol. The fraction of sp³-hybridized carbons (Fsp3) is 0.400. The van der Waals surface area contributed by atoms with Crippen LogP contribution >= 0.6 is 0 Å². The van der Waals surface area contributed by atoms with Crippen LogP contribution in [0.15, 0.2) is 53.3 Å². The van der Waals surface area contributed by atoms with Crippen molar-refractivity contribution in [1.82, 2.24) is 9.88 Å². The highest BCUT2D eigenvalue weighted by atomic mass is 19.4. The Morgan fingerprint density at radius 1 is 1.32 bits per heavy atom. The minimum absolute atomic E-state index is 0.0228. The Morgan fingerprint density at radius 3 is 2.65 bits per heavy atom. The van der Waals surface area contributed by atoms with Gasteiger partial charge in [-0.3, -0.25) is 9.79 Å². The van der Waals surface area contributed by atoms with Crippen molar-refractivity contribution in [3.05, 3.63) is 59.4 Å². The Bertz CT molecular complexity index is 1160. The number of methoxy groups -OCH3 is 1. The summed E-state index contributed by atoms with van der Waals surface area (Å²) in [4.78, 5) is 22.2. The summed E-state index contributed by atoms with van der Waals surface area (Å²) in [7, 11) is 2.96. The number of hydrogen-bond acceptors (Lipinski definition) is 6. The number of ether oxygens (including phenoxy) is 1. The number of nitrogens with two attached hydrogens (primary N) is 1. The third kappa shape index (κ3) is 6.75. The van der Waals surface area contributed by atoms with E-state index < -0.39 is 48.5 Å². The van der Waals surface area contributed by atoms with Gasteiger partial charge in [0.2, 0.25) is 0 Å². The van der Waals surface area contributed by atoms with E-state index in [1.165, 1.54) is 20.4 Å². The summed E-state index contributed by atoms with van der Waals surface area (Å²) in [5, 5.41) is 2.86. The van der Waals surface area contributed by atoms with Crippen LogP contribution in [0.25, 0.3) is 5.57 Å². The average Bonchev–Trinajstić information content (AvgIpc) is 2.84. The summed E-state index contributed by atoms with van der Waals surface area (Å²) in [5.74, 6) is -3.99.